The predicted molar refractivity (Wildman–Crippen MR) is 91.4 cm³/mol. The molecular weight excluding hydrogens is 308 g/mol. The molecule has 1 atom stereocenters. The van der Waals surface area contributed by atoms with E-state index in [1.54, 1.807) is 4.90 Å². The van der Waals surface area contributed by atoms with Crippen LogP contribution in [-0.4, -0.2) is 52.3 Å². The first-order valence-electron chi connectivity index (χ1n) is 8.62. The van der Waals surface area contributed by atoms with Crippen LogP contribution >= 0.6 is 0 Å². The van der Waals surface area contributed by atoms with Crippen molar-refractivity contribution < 1.29 is 19.4 Å². The second-order valence-corrected chi connectivity index (χ2v) is 6.78. The number of carbonyl (C=O) groups is 2. The highest BCUT2D eigenvalue weighted by Crippen LogP contribution is 2.22. The summed E-state index contributed by atoms with van der Waals surface area (Å²) in [6.07, 6.45) is 1.87. The second-order valence-electron chi connectivity index (χ2n) is 6.78. The summed E-state index contributed by atoms with van der Waals surface area (Å²) in [5.74, 6) is -1.00. The number of nitrogens with zero attached hydrogens (tertiary/aromatic N) is 2. The van der Waals surface area contributed by atoms with Gasteiger partial charge in [-0.2, -0.15) is 0 Å². The first-order valence-corrected chi connectivity index (χ1v) is 8.62. The Labute approximate surface area is 143 Å². The second kappa shape index (κ2) is 7.83. The number of aromatic nitrogens is 1. The Morgan fingerprint density at radius 3 is 2.62 bits per heavy atom. The van der Waals surface area contributed by atoms with Gasteiger partial charge in [0.25, 0.3) is 5.91 Å². The number of rotatable bonds is 7. The molecular formula is C18H28N2O4. The largest absolute Gasteiger partial charge is 0.481 e. The van der Waals surface area contributed by atoms with Crippen LogP contribution in [0.1, 0.15) is 60.9 Å². The summed E-state index contributed by atoms with van der Waals surface area (Å²) < 4.78 is 7.76. The van der Waals surface area contributed by atoms with E-state index in [-0.39, 0.29) is 31.0 Å². The minimum Gasteiger partial charge on any atom is -0.481 e. The van der Waals surface area contributed by atoms with E-state index in [2.05, 4.69) is 18.4 Å². The fourth-order valence-corrected chi connectivity index (χ4v) is 3.50. The molecule has 1 aromatic rings. The van der Waals surface area contributed by atoms with E-state index in [9.17, 15) is 9.59 Å². The molecule has 0 saturated carbocycles. The van der Waals surface area contributed by atoms with Crippen LogP contribution in [0.2, 0.25) is 0 Å². The molecule has 1 aromatic heterocycles. The molecule has 1 aliphatic heterocycles. The number of carbonyl (C=O) groups excluding carboxylic acids is 1. The smallest absolute Gasteiger partial charge is 0.305 e. The van der Waals surface area contributed by atoms with E-state index in [0.717, 1.165) is 24.2 Å². The molecule has 0 aliphatic carbocycles. The van der Waals surface area contributed by atoms with E-state index >= 15 is 0 Å². The van der Waals surface area contributed by atoms with Crippen LogP contribution < -0.4 is 0 Å². The molecule has 0 bridgehead atoms. The number of hydrogen-bond acceptors (Lipinski definition) is 3. The van der Waals surface area contributed by atoms with Gasteiger partial charge >= 0.3 is 5.97 Å². The zero-order valence-corrected chi connectivity index (χ0v) is 15.0. The Morgan fingerprint density at radius 2 is 2.12 bits per heavy atom. The monoisotopic (exact) mass is 336 g/mol. The van der Waals surface area contributed by atoms with Gasteiger partial charge < -0.3 is 19.3 Å². The van der Waals surface area contributed by atoms with E-state index in [1.807, 2.05) is 19.9 Å². The van der Waals surface area contributed by atoms with E-state index in [4.69, 9.17) is 9.84 Å². The van der Waals surface area contributed by atoms with Crippen molar-refractivity contribution in [2.24, 2.45) is 0 Å². The van der Waals surface area contributed by atoms with E-state index in [0.29, 0.717) is 18.7 Å². The highest BCUT2D eigenvalue weighted by Gasteiger charge is 2.26. The number of hydrogen-bond donors (Lipinski definition) is 1. The Kier molecular flexibility index (Phi) is 6.04. The molecule has 1 N–H and O–H groups in total. The van der Waals surface area contributed by atoms with Gasteiger partial charge in [0.05, 0.1) is 18.1 Å². The number of carboxylic acids is 1. The Balaban J connectivity index is 2.22. The summed E-state index contributed by atoms with van der Waals surface area (Å²) in [5.41, 5.74) is 2.63. The van der Waals surface area contributed by atoms with Crippen molar-refractivity contribution in [3.05, 3.63) is 23.0 Å². The number of ether oxygens (including phenoxy) is 1. The van der Waals surface area contributed by atoms with Crippen molar-refractivity contribution in [1.82, 2.24) is 9.47 Å². The molecule has 6 nitrogen and oxygen atoms in total. The van der Waals surface area contributed by atoms with Gasteiger partial charge in [0.2, 0.25) is 0 Å². The minimum absolute atomic E-state index is 0.0105. The average Bonchev–Trinajstić information content (AvgIpc) is 3.10. The minimum atomic E-state index is -0.896. The third-order valence-electron chi connectivity index (χ3n) is 4.56. The quantitative estimate of drug-likeness (QED) is 0.831. The van der Waals surface area contributed by atoms with Crippen LogP contribution in [-0.2, 0) is 9.53 Å². The van der Waals surface area contributed by atoms with Crippen molar-refractivity contribution in [2.75, 3.05) is 19.7 Å². The number of amides is 1. The SMILES string of the molecule is Cc1cc(C(=O)N(CCC(=O)O)C[C@H]2CCCO2)c(C)n1C(C)C. The molecule has 1 saturated heterocycles. The summed E-state index contributed by atoms with van der Waals surface area (Å²) >= 11 is 0. The molecule has 0 radical (unpaired) electrons. The lowest BCUT2D eigenvalue weighted by Gasteiger charge is -2.25. The van der Waals surface area contributed by atoms with Crippen LogP contribution in [0.25, 0.3) is 0 Å². The van der Waals surface area contributed by atoms with Crippen LogP contribution in [0.5, 0.6) is 0 Å². The molecule has 0 unspecified atom stereocenters. The van der Waals surface area contributed by atoms with Crippen molar-refractivity contribution >= 4 is 11.9 Å². The molecule has 1 amide bonds. The molecule has 1 aliphatic rings. The first kappa shape index (κ1) is 18.5. The lowest BCUT2D eigenvalue weighted by Crippen LogP contribution is -2.39. The van der Waals surface area contributed by atoms with E-state index in [1.165, 1.54) is 0 Å². The maximum Gasteiger partial charge on any atom is 0.305 e. The summed E-state index contributed by atoms with van der Waals surface area (Å²) in [5, 5.41) is 8.98. The van der Waals surface area contributed by atoms with Crippen LogP contribution in [0.3, 0.4) is 0 Å². The molecule has 6 heteroatoms. The third kappa shape index (κ3) is 4.17. The maximum atomic E-state index is 13.0. The van der Waals surface area contributed by atoms with Gasteiger partial charge in [-0.15, -0.1) is 0 Å². The van der Waals surface area contributed by atoms with Gasteiger partial charge in [-0.25, -0.2) is 0 Å². The van der Waals surface area contributed by atoms with Crippen LogP contribution in [0.4, 0.5) is 0 Å². The first-order chi connectivity index (χ1) is 11.3. The van der Waals surface area contributed by atoms with Gasteiger partial charge in [0.15, 0.2) is 0 Å². The zero-order chi connectivity index (χ0) is 17.9. The van der Waals surface area contributed by atoms with Crippen molar-refractivity contribution in [3.8, 4) is 0 Å². The Morgan fingerprint density at radius 1 is 1.42 bits per heavy atom. The normalized spacial score (nSPS) is 17.5. The Bertz CT molecular complexity index is 600. The maximum absolute atomic E-state index is 13.0. The summed E-state index contributed by atoms with van der Waals surface area (Å²) in [6, 6.07) is 2.18. The molecule has 24 heavy (non-hydrogen) atoms. The van der Waals surface area contributed by atoms with Crippen molar-refractivity contribution in [2.45, 2.75) is 59.1 Å². The number of aliphatic carboxylic acids is 1. The molecule has 134 valence electrons. The van der Waals surface area contributed by atoms with E-state index < -0.39 is 5.97 Å². The predicted octanol–water partition coefficient (Wildman–Crippen LogP) is 2.78. The third-order valence-corrected chi connectivity index (χ3v) is 4.56. The standard InChI is InChI=1S/C18H28N2O4/c1-12(2)20-13(3)10-16(14(20)4)18(23)19(8-7-17(21)22)11-15-6-5-9-24-15/h10,12,15H,5-9,11H2,1-4H3,(H,21,22)/t15-/m1/s1. The molecule has 1 fully saturated rings. The highest BCUT2D eigenvalue weighted by atomic mass is 16.5. The topological polar surface area (TPSA) is 71.8 Å². The summed E-state index contributed by atoms with van der Waals surface area (Å²) in [6.45, 7) is 9.49. The average molecular weight is 336 g/mol. The van der Waals surface area contributed by atoms with Crippen LogP contribution in [0.15, 0.2) is 6.07 Å². The van der Waals surface area contributed by atoms with Crippen LogP contribution in [0, 0.1) is 13.8 Å². The van der Waals surface area contributed by atoms with Gasteiger partial charge in [-0.1, -0.05) is 0 Å². The van der Waals surface area contributed by atoms with Crippen molar-refractivity contribution in [1.29, 1.82) is 0 Å². The van der Waals surface area contributed by atoms with Gasteiger partial charge in [0, 0.05) is 37.1 Å². The highest BCUT2D eigenvalue weighted by molar-refractivity contribution is 5.96. The van der Waals surface area contributed by atoms with Gasteiger partial charge in [-0.3, -0.25) is 9.59 Å². The molecule has 2 heterocycles. The molecule has 0 spiro atoms. The lowest BCUT2D eigenvalue weighted by molar-refractivity contribution is -0.137. The summed E-state index contributed by atoms with van der Waals surface area (Å²) in [7, 11) is 0. The summed E-state index contributed by atoms with van der Waals surface area (Å²) in [4.78, 5) is 25.6. The van der Waals surface area contributed by atoms with Crippen molar-refractivity contribution in [3.63, 3.8) is 0 Å². The van der Waals surface area contributed by atoms with Gasteiger partial charge in [-0.05, 0) is 46.6 Å². The lowest BCUT2D eigenvalue weighted by atomic mass is 10.1. The molecule has 0 aromatic carbocycles. The fourth-order valence-electron chi connectivity index (χ4n) is 3.50. The fraction of sp³-hybridized carbons (Fsp3) is 0.667. The number of carboxylic acid groups (broad SMARTS) is 1. The van der Waals surface area contributed by atoms with Gasteiger partial charge in [0.1, 0.15) is 0 Å². The number of aryl methyl sites for hydroxylation is 1. The zero-order valence-electron chi connectivity index (χ0n) is 15.0. The Hall–Kier alpha value is -1.82. The molecule has 2 rings (SSSR count).